The van der Waals surface area contributed by atoms with Crippen LogP contribution in [0.25, 0.3) is 0 Å². The monoisotopic (exact) mass is 662 g/mol. The smallest absolute Gasteiger partial charge is 2.00 e. The van der Waals surface area contributed by atoms with Crippen molar-refractivity contribution >= 4 is 0 Å². The molecule has 12 nitrogen and oxygen atoms in total. The molecule has 0 fully saturated rings. The number of hydrogen-bond donors (Lipinski definition) is 3. The average molecular weight is 665 g/mol. The van der Waals surface area contributed by atoms with Gasteiger partial charge in [-0.15, -0.1) is 0 Å². The van der Waals surface area contributed by atoms with Crippen molar-refractivity contribution in [1.29, 1.82) is 0 Å². The van der Waals surface area contributed by atoms with Gasteiger partial charge in [0, 0.05) is 118 Å². The van der Waals surface area contributed by atoms with Gasteiger partial charge in [0.1, 0.15) is 0 Å². The molecule has 14 heteroatoms. The third-order valence-corrected chi connectivity index (χ3v) is 5.78. The number of halogens is 1. The normalized spacial score (nSPS) is 24.3. The number of allylic oxidation sites excluding steroid dienone is 12. The zero-order valence-corrected chi connectivity index (χ0v) is 29.2. The largest absolute Gasteiger partial charge is 2.00 e. The van der Waals surface area contributed by atoms with Crippen LogP contribution < -0.4 is 4.66 Å². The first-order valence-electron chi connectivity index (χ1n) is 12.8. The summed E-state index contributed by atoms with van der Waals surface area (Å²) in [5, 5.41) is 0. The fraction of sp³-hybridized carbons (Fsp3) is 0.429. The van der Waals surface area contributed by atoms with E-state index in [2.05, 4.69) is 0 Å². The molecule has 4 aliphatic rings. The van der Waals surface area contributed by atoms with E-state index in [-0.39, 0.29) is 43.6 Å². The summed E-state index contributed by atoms with van der Waals surface area (Å²) in [6, 6.07) is 0.0370. The van der Waals surface area contributed by atoms with Crippen LogP contribution in [0.2, 0.25) is 0 Å². The van der Waals surface area contributed by atoms with Gasteiger partial charge in [0.2, 0.25) is 47.0 Å². The molecule has 42 heavy (non-hydrogen) atoms. The zero-order chi connectivity index (χ0) is 31.9. The molecular formula is C28H43ClN4O8Zn+6. The second kappa shape index (κ2) is 20.1. The van der Waals surface area contributed by atoms with Gasteiger partial charge in [-0.3, -0.25) is 0 Å². The predicted molar refractivity (Wildman–Crippen MR) is 151 cm³/mol. The third kappa shape index (κ3) is 17.1. The van der Waals surface area contributed by atoms with Crippen molar-refractivity contribution in [2.75, 3.05) is 0 Å². The van der Waals surface area contributed by atoms with E-state index in [1.165, 1.54) is 0 Å². The minimum Gasteiger partial charge on any atom is 2.00 e. The Labute approximate surface area is 261 Å². The molecule has 0 aliphatic carbocycles. The molecule has 0 aromatic carbocycles. The Kier molecular flexibility index (Phi) is 19.7. The zero-order valence-electron chi connectivity index (χ0n) is 25.5. The summed E-state index contributed by atoms with van der Waals surface area (Å²) in [6.45, 7) is 14.8. The second-order valence-corrected chi connectivity index (χ2v) is 10.3. The number of rotatable bonds is 0. The van der Waals surface area contributed by atoms with Crippen molar-refractivity contribution in [1.82, 2.24) is 0 Å². The van der Waals surface area contributed by atoms with E-state index in [9.17, 15) is 19.6 Å². The van der Waals surface area contributed by atoms with Crippen molar-refractivity contribution in [2.24, 2.45) is 0 Å². The van der Waals surface area contributed by atoms with Crippen LogP contribution in [0.1, 0.15) is 55.4 Å². The molecule has 0 radical (unpaired) electrons. The SMILES string of the molecule is CC1=CC=CC(C)[N+]1=O.CC1=CC=CC(C)[N+]1=O.CC1=CC=CC(C)[N+]1=O.CC1=CC=CC(C)[N+]1=O.[O-][Cl+](O)(O)O.[Zn+2]. The Morgan fingerprint density at radius 3 is 0.762 bits per heavy atom. The summed E-state index contributed by atoms with van der Waals surface area (Å²) in [6.07, 6.45) is 22.4. The Morgan fingerprint density at radius 2 is 0.667 bits per heavy atom. The predicted octanol–water partition coefficient (Wildman–Crippen LogP) is 3.65. The summed E-state index contributed by atoms with van der Waals surface area (Å²) >= 11 is 0. The molecule has 4 unspecified atom stereocenters. The second-order valence-electron chi connectivity index (χ2n) is 9.47. The summed E-state index contributed by atoms with van der Waals surface area (Å²) in [4.78, 5) is 43.7. The Balaban J connectivity index is 0. The van der Waals surface area contributed by atoms with E-state index in [1.807, 2.05) is 128 Å². The number of nitroso groups, excluding NO2 is 4. The summed E-state index contributed by atoms with van der Waals surface area (Å²) in [7, 11) is -4.19. The molecule has 226 valence electrons. The molecule has 0 aromatic heterocycles. The first kappa shape index (κ1) is 41.2. The van der Waals surface area contributed by atoms with Gasteiger partial charge in [-0.05, 0) is 24.3 Å². The summed E-state index contributed by atoms with van der Waals surface area (Å²) < 4.78 is 34.2. The van der Waals surface area contributed by atoms with Crippen LogP contribution >= 0.6 is 0 Å². The van der Waals surface area contributed by atoms with Crippen LogP contribution in [0.4, 0.5) is 0 Å². The molecule has 0 aromatic rings. The van der Waals surface area contributed by atoms with Crippen molar-refractivity contribution in [3.8, 4) is 0 Å². The molecule has 0 saturated heterocycles. The van der Waals surface area contributed by atoms with Gasteiger partial charge in [-0.1, -0.05) is 24.3 Å². The van der Waals surface area contributed by atoms with Gasteiger partial charge in [0.15, 0.2) is 0 Å². The molecule has 0 spiro atoms. The topological polar surface area (TPSA) is 164 Å². The van der Waals surface area contributed by atoms with Crippen LogP contribution in [0, 0.1) is 29.9 Å². The third-order valence-electron chi connectivity index (χ3n) is 5.78. The van der Waals surface area contributed by atoms with Crippen LogP contribution in [0.5, 0.6) is 0 Å². The molecule has 4 heterocycles. The van der Waals surface area contributed by atoms with Gasteiger partial charge in [0.05, 0.1) is 0 Å². The fourth-order valence-electron chi connectivity index (χ4n) is 3.31. The van der Waals surface area contributed by atoms with Gasteiger partial charge in [0.25, 0.3) is 0 Å². The van der Waals surface area contributed by atoms with Crippen molar-refractivity contribution in [2.45, 2.75) is 79.6 Å². The quantitative estimate of drug-likeness (QED) is 0.261. The van der Waals surface area contributed by atoms with Crippen LogP contribution in [-0.2, 0) is 19.5 Å². The van der Waals surface area contributed by atoms with Crippen molar-refractivity contribution in [3.05, 3.63) is 115 Å². The maximum Gasteiger partial charge on any atom is 2.00 e. The molecule has 4 rings (SSSR count). The van der Waals surface area contributed by atoms with Crippen LogP contribution in [-0.4, -0.2) is 57.2 Å². The minimum absolute atomic E-state index is 0. The molecule has 4 atom stereocenters. The van der Waals surface area contributed by atoms with E-state index >= 15 is 0 Å². The molecule has 0 bridgehead atoms. The minimum atomic E-state index is -4.19. The van der Waals surface area contributed by atoms with Crippen molar-refractivity contribution in [3.63, 3.8) is 0 Å². The first-order valence-corrected chi connectivity index (χ1v) is 14.1. The standard InChI is InChI=1S/4C7H10NO.ClH3O4.Zn/c4*1-6-4-3-5-7(2)8(6)9;2-1(3,4)5;/h4*3-6H,1-2H3;2-4H;/q4*+1;;+2. The fourth-order valence-corrected chi connectivity index (χ4v) is 3.31. The molecular weight excluding hydrogens is 621 g/mol. The van der Waals surface area contributed by atoms with Gasteiger partial charge < -0.3 is 0 Å². The Hall–Kier alpha value is -2.93. The maximum absolute atomic E-state index is 10.9. The summed E-state index contributed by atoms with van der Waals surface area (Å²) in [5.41, 5.74) is 3.13. The van der Waals surface area contributed by atoms with Crippen LogP contribution in [0.3, 0.4) is 0 Å². The van der Waals surface area contributed by atoms with E-state index in [0.717, 1.165) is 41.8 Å². The molecule has 0 amide bonds. The Bertz CT molecular complexity index is 1040. The van der Waals surface area contributed by atoms with Crippen molar-refractivity contribution < 1.29 is 67.4 Å². The van der Waals surface area contributed by atoms with E-state index in [0.29, 0.717) is 0 Å². The van der Waals surface area contributed by atoms with E-state index in [4.69, 9.17) is 18.6 Å². The van der Waals surface area contributed by atoms with Gasteiger partial charge in [-0.2, -0.15) is 0 Å². The average Bonchev–Trinajstić information content (AvgIpc) is 2.88. The summed E-state index contributed by atoms with van der Waals surface area (Å²) in [5.74, 6) is 0. The maximum atomic E-state index is 10.9. The van der Waals surface area contributed by atoms with E-state index in [1.54, 1.807) is 0 Å². The molecule has 3 N–H and O–H groups in total. The van der Waals surface area contributed by atoms with E-state index < -0.39 is 10.2 Å². The number of nitrogens with zero attached hydrogens (tertiary/aromatic N) is 4. The molecule has 4 aliphatic heterocycles. The van der Waals surface area contributed by atoms with Gasteiger partial charge >= 0.3 is 48.4 Å². The first-order chi connectivity index (χ1) is 18.9. The molecule has 0 saturated carbocycles. The Morgan fingerprint density at radius 1 is 0.524 bits per heavy atom. The number of hydrogen-bond acceptors (Lipinski definition) is 8. The van der Waals surface area contributed by atoms with Gasteiger partial charge in [-0.25, -0.2) is 0 Å². The van der Waals surface area contributed by atoms with Crippen LogP contribution in [0.15, 0.2) is 95.7 Å².